The van der Waals surface area contributed by atoms with Crippen molar-refractivity contribution in [2.45, 2.75) is 19.0 Å². The fraction of sp³-hybridized carbons (Fsp3) is 0.857. The number of primary amides is 1. The first-order chi connectivity index (χ1) is 5.91. The lowest BCUT2D eigenvalue weighted by Crippen LogP contribution is -2.44. The number of carbonyl (C=O) groups is 1. The van der Waals surface area contributed by atoms with Crippen molar-refractivity contribution >= 4 is 6.03 Å². The van der Waals surface area contributed by atoms with E-state index in [2.05, 4.69) is 0 Å². The Morgan fingerprint density at radius 2 is 1.77 bits per heavy atom. The van der Waals surface area contributed by atoms with E-state index in [1.165, 1.54) is 4.90 Å². The molecule has 3 nitrogen and oxygen atoms in total. The van der Waals surface area contributed by atoms with Crippen LogP contribution in [0.25, 0.3) is 0 Å². The quantitative estimate of drug-likeness (QED) is 0.624. The number of rotatable bonds is 0. The smallest absolute Gasteiger partial charge is 0.351 e. The Balaban J connectivity index is 2.44. The zero-order chi connectivity index (χ0) is 10.1. The van der Waals surface area contributed by atoms with Gasteiger partial charge >= 0.3 is 12.2 Å². The monoisotopic (exact) mass is 196 g/mol. The SMILES string of the molecule is NC(=O)N1CCC(C(F)(F)F)CC1. The first kappa shape index (κ1) is 10.1. The molecule has 0 aromatic rings. The molecule has 0 aromatic heterocycles. The summed E-state index contributed by atoms with van der Waals surface area (Å²) in [4.78, 5) is 11.8. The van der Waals surface area contributed by atoms with E-state index in [0.717, 1.165) is 0 Å². The van der Waals surface area contributed by atoms with Gasteiger partial charge in [0.15, 0.2) is 0 Å². The highest BCUT2D eigenvalue weighted by atomic mass is 19.4. The summed E-state index contributed by atoms with van der Waals surface area (Å²) in [5.74, 6) is -1.27. The first-order valence-electron chi connectivity index (χ1n) is 4.02. The third-order valence-corrected chi connectivity index (χ3v) is 2.27. The number of nitrogens with zero attached hydrogens (tertiary/aromatic N) is 1. The summed E-state index contributed by atoms with van der Waals surface area (Å²) in [7, 11) is 0. The second-order valence-corrected chi connectivity index (χ2v) is 3.14. The molecule has 76 valence electrons. The van der Waals surface area contributed by atoms with Gasteiger partial charge in [-0.3, -0.25) is 0 Å². The molecule has 2 N–H and O–H groups in total. The topological polar surface area (TPSA) is 46.3 Å². The van der Waals surface area contributed by atoms with Gasteiger partial charge in [0.25, 0.3) is 0 Å². The van der Waals surface area contributed by atoms with Crippen LogP contribution in [-0.2, 0) is 0 Å². The number of halogens is 3. The highest BCUT2D eigenvalue weighted by molar-refractivity contribution is 5.72. The Bertz CT molecular complexity index is 196. The normalized spacial score (nSPS) is 20.4. The van der Waals surface area contributed by atoms with Crippen molar-refractivity contribution in [1.82, 2.24) is 4.90 Å². The number of carbonyl (C=O) groups excluding carboxylic acids is 1. The molecule has 0 aliphatic carbocycles. The highest BCUT2D eigenvalue weighted by Crippen LogP contribution is 2.33. The van der Waals surface area contributed by atoms with Gasteiger partial charge < -0.3 is 10.6 Å². The second kappa shape index (κ2) is 3.43. The predicted octanol–water partition coefficient (Wildman–Crippen LogP) is 1.34. The third-order valence-electron chi connectivity index (χ3n) is 2.27. The van der Waals surface area contributed by atoms with E-state index in [-0.39, 0.29) is 25.9 Å². The lowest BCUT2D eigenvalue weighted by Gasteiger charge is -2.31. The zero-order valence-electron chi connectivity index (χ0n) is 6.97. The van der Waals surface area contributed by atoms with Crippen molar-refractivity contribution in [3.63, 3.8) is 0 Å². The van der Waals surface area contributed by atoms with E-state index in [1.54, 1.807) is 0 Å². The second-order valence-electron chi connectivity index (χ2n) is 3.14. The third kappa shape index (κ3) is 2.50. The molecule has 0 bridgehead atoms. The van der Waals surface area contributed by atoms with Gasteiger partial charge in [-0.1, -0.05) is 0 Å². The Morgan fingerprint density at radius 1 is 1.31 bits per heavy atom. The largest absolute Gasteiger partial charge is 0.391 e. The standard InChI is InChI=1S/C7H11F3N2O/c8-7(9,10)5-1-3-12(4-2-5)6(11)13/h5H,1-4H2,(H2,11,13). The molecule has 0 saturated carbocycles. The van der Waals surface area contributed by atoms with Crippen molar-refractivity contribution < 1.29 is 18.0 Å². The first-order valence-corrected chi connectivity index (χ1v) is 4.02. The van der Waals surface area contributed by atoms with E-state index in [1.807, 2.05) is 0 Å². The molecular formula is C7H11F3N2O. The van der Waals surface area contributed by atoms with Gasteiger partial charge in [-0.2, -0.15) is 13.2 Å². The number of alkyl halides is 3. The highest BCUT2D eigenvalue weighted by Gasteiger charge is 2.41. The molecule has 0 unspecified atom stereocenters. The summed E-state index contributed by atoms with van der Waals surface area (Å²) in [6, 6.07) is -0.638. The van der Waals surface area contributed by atoms with Gasteiger partial charge in [-0.15, -0.1) is 0 Å². The molecule has 1 aliphatic rings. The molecule has 1 rings (SSSR count). The van der Waals surface area contributed by atoms with Gasteiger partial charge in [0.2, 0.25) is 0 Å². The summed E-state index contributed by atoms with van der Waals surface area (Å²) in [5.41, 5.74) is 4.93. The van der Waals surface area contributed by atoms with Crippen LogP contribution in [0.5, 0.6) is 0 Å². The van der Waals surface area contributed by atoms with Crippen molar-refractivity contribution in [1.29, 1.82) is 0 Å². The van der Waals surface area contributed by atoms with E-state index >= 15 is 0 Å². The van der Waals surface area contributed by atoms with Crippen molar-refractivity contribution in [3.05, 3.63) is 0 Å². The molecule has 6 heteroatoms. The summed E-state index contributed by atoms with van der Waals surface area (Å²) < 4.78 is 36.4. The minimum absolute atomic E-state index is 0.0353. The lowest BCUT2D eigenvalue weighted by atomic mass is 9.97. The summed E-state index contributed by atoms with van der Waals surface area (Å²) in [6.07, 6.45) is -4.21. The molecule has 1 saturated heterocycles. The van der Waals surface area contributed by atoms with Crippen molar-refractivity contribution in [2.24, 2.45) is 11.7 Å². The summed E-state index contributed by atoms with van der Waals surface area (Å²) >= 11 is 0. The minimum atomic E-state index is -4.14. The van der Waals surface area contributed by atoms with Gasteiger partial charge in [0.1, 0.15) is 0 Å². The zero-order valence-corrected chi connectivity index (χ0v) is 6.97. The van der Waals surface area contributed by atoms with Crippen LogP contribution in [-0.4, -0.2) is 30.2 Å². The van der Waals surface area contributed by atoms with Crippen molar-refractivity contribution in [3.8, 4) is 0 Å². The number of nitrogens with two attached hydrogens (primary N) is 1. The molecule has 13 heavy (non-hydrogen) atoms. The van der Waals surface area contributed by atoms with E-state index in [0.29, 0.717) is 0 Å². The molecule has 1 fully saturated rings. The van der Waals surface area contributed by atoms with Gasteiger partial charge in [0, 0.05) is 13.1 Å². The van der Waals surface area contributed by atoms with Crippen LogP contribution >= 0.6 is 0 Å². The number of amides is 2. The van der Waals surface area contributed by atoms with Crippen LogP contribution in [0.1, 0.15) is 12.8 Å². The van der Waals surface area contributed by atoms with Crippen LogP contribution in [0.3, 0.4) is 0 Å². The molecule has 1 aliphatic heterocycles. The minimum Gasteiger partial charge on any atom is -0.351 e. The average molecular weight is 196 g/mol. The lowest BCUT2D eigenvalue weighted by molar-refractivity contribution is -0.183. The van der Waals surface area contributed by atoms with E-state index in [4.69, 9.17) is 5.73 Å². The van der Waals surface area contributed by atoms with Crippen LogP contribution in [0.4, 0.5) is 18.0 Å². The van der Waals surface area contributed by atoms with Crippen LogP contribution in [0.2, 0.25) is 0 Å². The average Bonchev–Trinajstić information content (AvgIpc) is 2.03. The van der Waals surface area contributed by atoms with Crippen LogP contribution < -0.4 is 5.73 Å². The Hall–Kier alpha value is -0.940. The molecule has 0 spiro atoms. The van der Waals surface area contributed by atoms with Crippen LogP contribution in [0.15, 0.2) is 0 Å². The number of likely N-dealkylation sites (tertiary alicyclic amines) is 1. The maximum atomic E-state index is 12.1. The summed E-state index contributed by atoms with van der Waals surface area (Å²) in [6.45, 7) is 0.221. The van der Waals surface area contributed by atoms with E-state index in [9.17, 15) is 18.0 Å². The van der Waals surface area contributed by atoms with Gasteiger partial charge in [-0.25, -0.2) is 4.79 Å². The molecule has 1 heterocycles. The van der Waals surface area contributed by atoms with Crippen molar-refractivity contribution in [2.75, 3.05) is 13.1 Å². The Kier molecular flexibility index (Phi) is 2.68. The molecular weight excluding hydrogens is 185 g/mol. The number of urea groups is 1. The van der Waals surface area contributed by atoms with Crippen LogP contribution in [0, 0.1) is 5.92 Å². The summed E-state index contributed by atoms with van der Waals surface area (Å²) in [5, 5.41) is 0. The molecule has 0 radical (unpaired) electrons. The molecule has 0 atom stereocenters. The molecule has 0 aromatic carbocycles. The van der Waals surface area contributed by atoms with Gasteiger partial charge in [0.05, 0.1) is 5.92 Å². The van der Waals surface area contributed by atoms with Gasteiger partial charge in [-0.05, 0) is 12.8 Å². The fourth-order valence-corrected chi connectivity index (χ4v) is 1.43. The Labute approximate surface area is 73.7 Å². The number of hydrogen-bond acceptors (Lipinski definition) is 1. The molecule has 2 amide bonds. The predicted molar refractivity (Wildman–Crippen MR) is 39.9 cm³/mol. The van der Waals surface area contributed by atoms with E-state index < -0.39 is 18.1 Å². The number of piperidine rings is 1. The maximum absolute atomic E-state index is 12.1. The fourth-order valence-electron chi connectivity index (χ4n) is 1.43. The number of hydrogen-bond donors (Lipinski definition) is 1. The Morgan fingerprint density at radius 3 is 2.08 bits per heavy atom. The maximum Gasteiger partial charge on any atom is 0.391 e.